The van der Waals surface area contributed by atoms with Crippen molar-refractivity contribution in [1.82, 2.24) is 0 Å². The van der Waals surface area contributed by atoms with E-state index in [1.54, 1.807) is 0 Å². The van der Waals surface area contributed by atoms with E-state index in [2.05, 4.69) is 25.3 Å². The molecule has 4 heteroatoms. The SMILES string of the molecule is S[C@@H]1CSSC[C@H]1S. The van der Waals surface area contributed by atoms with Gasteiger partial charge in [0, 0.05) is 22.0 Å². The predicted molar refractivity (Wildman–Crippen MR) is 50.5 cm³/mol. The molecule has 2 atom stereocenters. The predicted octanol–water partition coefficient (Wildman–Crippen LogP) is 1.98. The first-order valence-corrected chi connectivity index (χ1v) is 5.93. The summed E-state index contributed by atoms with van der Waals surface area (Å²) in [5.41, 5.74) is 0. The van der Waals surface area contributed by atoms with Crippen molar-refractivity contribution in [3.8, 4) is 0 Å². The van der Waals surface area contributed by atoms with Gasteiger partial charge in [-0.2, -0.15) is 25.3 Å². The second-order valence-corrected chi connectivity index (χ2v) is 5.58. The molecule has 0 spiro atoms. The quantitative estimate of drug-likeness (QED) is 0.436. The molecule has 1 aliphatic rings. The highest BCUT2D eigenvalue weighted by Gasteiger charge is 2.18. The van der Waals surface area contributed by atoms with E-state index in [1.165, 1.54) is 0 Å². The first-order valence-electron chi connectivity index (χ1n) is 2.41. The van der Waals surface area contributed by atoms with E-state index >= 15 is 0 Å². The van der Waals surface area contributed by atoms with Gasteiger partial charge in [-0.05, 0) is 0 Å². The van der Waals surface area contributed by atoms with E-state index in [4.69, 9.17) is 0 Å². The zero-order valence-corrected chi connectivity index (χ0v) is 7.70. The molecule has 48 valence electrons. The van der Waals surface area contributed by atoms with Crippen LogP contribution in [0.2, 0.25) is 0 Å². The average molecular weight is 184 g/mol. The van der Waals surface area contributed by atoms with Crippen molar-refractivity contribution in [2.75, 3.05) is 11.5 Å². The molecule has 0 amide bonds. The van der Waals surface area contributed by atoms with Gasteiger partial charge in [0.15, 0.2) is 0 Å². The molecule has 0 N–H and O–H groups in total. The lowest BCUT2D eigenvalue weighted by molar-refractivity contribution is 0.962. The van der Waals surface area contributed by atoms with Crippen LogP contribution in [0.5, 0.6) is 0 Å². The Morgan fingerprint density at radius 2 is 1.38 bits per heavy atom. The van der Waals surface area contributed by atoms with Crippen LogP contribution in [0, 0.1) is 0 Å². The van der Waals surface area contributed by atoms with Gasteiger partial charge in [-0.15, -0.1) is 0 Å². The average Bonchev–Trinajstić information content (AvgIpc) is 1.77. The minimum absolute atomic E-state index is 0.504. The van der Waals surface area contributed by atoms with Gasteiger partial charge in [0.25, 0.3) is 0 Å². The summed E-state index contributed by atoms with van der Waals surface area (Å²) in [5.74, 6) is 2.28. The van der Waals surface area contributed by atoms with Gasteiger partial charge in [-0.25, -0.2) is 0 Å². The second-order valence-electron chi connectivity index (χ2n) is 1.70. The van der Waals surface area contributed by atoms with Crippen LogP contribution in [0.1, 0.15) is 0 Å². The largest absolute Gasteiger partial charge is 0.174 e. The summed E-state index contributed by atoms with van der Waals surface area (Å²) < 4.78 is 0. The summed E-state index contributed by atoms with van der Waals surface area (Å²) in [7, 11) is 3.80. The van der Waals surface area contributed by atoms with Gasteiger partial charge >= 0.3 is 0 Å². The molecule has 0 unspecified atom stereocenters. The highest BCUT2D eigenvalue weighted by molar-refractivity contribution is 8.76. The van der Waals surface area contributed by atoms with Gasteiger partial charge < -0.3 is 0 Å². The van der Waals surface area contributed by atoms with Gasteiger partial charge in [-0.3, -0.25) is 0 Å². The fraction of sp³-hybridized carbons (Fsp3) is 1.00. The van der Waals surface area contributed by atoms with Crippen molar-refractivity contribution >= 4 is 46.8 Å². The van der Waals surface area contributed by atoms with E-state index in [0.717, 1.165) is 11.5 Å². The Morgan fingerprint density at radius 1 is 1.00 bits per heavy atom. The molecule has 0 aromatic carbocycles. The summed E-state index contributed by atoms with van der Waals surface area (Å²) in [4.78, 5) is 0. The van der Waals surface area contributed by atoms with Gasteiger partial charge in [0.1, 0.15) is 0 Å². The van der Waals surface area contributed by atoms with E-state index in [0.29, 0.717) is 10.5 Å². The van der Waals surface area contributed by atoms with Crippen molar-refractivity contribution in [3.05, 3.63) is 0 Å². The third-order valence-electron chi connectivity index (χ3n) is 1.01. The van der Waals surface area contributed by atoms with Crippen molar-refractivity contribution in [3.63, 3.8) is 0 Å². The van der Waals surface area contributed by atoms with Gasteiger partial charge in [-0.1, -0.05) is 21.6 Å². The Morgan fingerprint density at radius 3 is 1.62 bits per heavy atom. The summed E-state index contributed by atoms with van der Waals surface area (Å²) in [5, 5.41) is 1.01. The third kappa shape index (κ3) is 1.97. The summed E-state index contributed by atoms with van der Waals surface area (Å²) in [6, 6.07) is 0. The summed E-state index contributed by atoms with van der Waals surface area (Å²) in [6.45, 7) is 0. The van der Waals surface area contributed by atoms with Crippen LogP contribution < -0.4 is 0 Å². The van der Waals surface area contributed by atoms with E-state index in [-0.39, 0.29) is 0 Å². The first-order chi connectivity index (χ1) is 3.80. The third-order valence-corrected chi connectivity index (χ3v) is 5.29. The van der Waals surface area contributed by atoms with E-state index < -0.39 is 0 Å². The number of hydrogen-bond acceptors (Lipinski definition) is 4. The Balaban J connectivity index is 2.28. The molecule has 0 bridgehead atoms. The maximum absolute atomic E-state index is 4.35. The van der Waals surface area contributed by atoms with Gasteiger partial charge in [0.2, 0.25) is 0 Å². The van der Waals surface area contributed by atoms with E-state index in [1.807, 2.05) is 21.6 Å². The zero-order valence-electron chi connectivity index (χ0n) is 4.28. The standard InChI is InChI=1S/C4H8S4/c5-3-1-7-8-2-4(3)6/h3-6H,1-2H2/t3-,4-/m1/s1. The lowest BCUT2D eigenvalue weighted by Crippen LogP contribution is -2.22. The highest BCUT2D eigenvalue weighted by Crippen LogP contribution is 2.33. The number of hydrogen-bond donors (Lipinski definition) is 2. The van der Waals surface area contributed by atoms with Crippen LogP contribution in [0.3, 0.4) is 0 Å². The van der Waals surface area contributed by atoms with E-state index in [9.17, 15) is 0 Å². The topological polar surface area (TPSA) is 0 Å². The Kier molecular flexibility index (Phi) is 3.32. The Hall–Kier alpha value is 1.40. The molecular weight excluding hydrogens is 176 g/mol. The molecule has 0 saturated carbocycles. The van der Waals surface area contributed by atoms with Crippen molar-refractivity contribution < 1.29 is 0 Å². The van der Waals surface area contributed by atoms with Crippen molar-refractivity contribution in [1.29, 1.82) is 0 Å². The minimum atomic E-state index is 0.504. The maximum Gasteiger partial charge on any atom is 0.0241 e. The van der Waals surface area contributed by atoms with Crippen molar-refractivity contribution in [2.45, 2.75) is 10.5 Å². The highest BCUT2D eigenvalue weighted by atomic mass is 33.1. The molecule has 0 aromatic heterocycles. The van der Waals surface area contributed by atoms with Crippen molar-refractivity contribution in [2.24, 2.45) is 0 Å². The minimum Gasteiger partial charge on any atom is -0.174 e. The fourth-order valence-corrected chi connectivity index (χ4v) is 4.40. The lowest BCUT2D eigenvalue weighted by atomic mass is 10.3. The molecule has 1 fully saturated rings. The number of rotatable bonds is 0. The van der Waals surface area contributed by atoms with Gasteiger partial charge in [0.05, 0.1) is 0 Å². The molecule has 1 aliphatic heterocycles. The Labute approximate surface area is 68.8 Å². The van der Waals surface area contributed by atoms with Crippen LogP contribution >= 0.6 is 46.8 Å². The second kappa shape index (κ2) is 3.54. The molecule has 0 aromatic rings. The molecule has 0 aliphatic carbocycles. The van der Waals surface area contributed by atoms with Crippen LogP contribution in [0.15, 0.2) is 0 Å². The smallest absolute Gasteiger partial charge is 0.0241 e. The Bertz CT molecular complexity index is 64.4. The molecular formula is C4H8S4. The van der Waals surface area contributed by atoms with Crippen LogP contribution in [0.25, 0.3) is 0 Å². The zero-order chi connectivity index (χ0) is 5.98. The van der Waals surface area contributed by atoms with Crippen LogP contribution in [-0.2, 0) is 0 Å². The molecule has 1 saturated heterocycles. The summed E-state index contributed by atoms with van der Waals surface area (Å²) in [6.07, 6.45) is 0. The molecule has 1 rings (SSSR count). The van der Waals surface area contributed by atoms with Crippen LogP contribution in [0.4, 0.5) is 0 Å². The number of thiol groups is 2. The lowest BCUT2D eigenvalue weighted by Gasteiger charge is -2.21. The van der Waals surface area contributed by atoms with Crippen LogP contribution in [-0.4, -0.2) is 22.0 Å². The fourth-order valence-electron chi connectivity index (χ4n) is 0.458. The molecule has 8 heavy (non-hydrogen) atoms. The molecule has 1 heterocycles. The molecule has 0 radical (unpaired) electrons. The monoisotopic (exact) mass is 184 g/mol. The maximum atomic E-state index is 4.35. The summed E-state index contributed by atoms with van der Waals surface area (Å²) >= 11 is 8.69. The first kappa shape index (κ1) is 7.51. The molecule has 0 nitrogen and oxygen atoms in total. The normalized spacial score (nSPS) is 39.8.